The number of hydrogen-bond donors (Lipinski definition) is 1. The second-order valence-electron chi connectivity index (χ2n) is 3.32. The number of pyridine rings is 1. The van der Waals surface area contributed by atoms with Crippen molar-refractivity contribution in [2.45, 2.75) is 0 Å². The van der Waals surface area contributed by atoms with Gasteiger partial charge in [0.05, 0.1) is 17.8 Å². The number of ether oxygens (including phenoxy) is 2. The number of benzene rings is 1. The van der Waals surface area contributed by atoms with E-state index >= 15 is 0 Å². The molecular weight excluding hydrogens is 240 g/mol. The molecule has 2 rings (SSSR count). The second-order valence-corrected chi connectivity index (χ2v) is 3.76. The molecule has 1 aromatic carbocycles. The highest BCUT2D eigenvalue weighted by molar-refractivity contribution is 6.30. The summed E-state index contributed by atoms with van der Waals surface area (Å²) in [6.07, 6.45) is 1.51. The molecule has 0 aliphatic heterocycles. The van der Waals surface area contributed by atoms with Crippen molar-refractivity contribution >= 4 is 17.3 Å². The maximum Gasteiger partial charge on any atom is 0.219 e. The van der Waals surface area contributed by atoms with Crippen LogP contribution in [0.5, 0.6) is 17.4 Å². The molecule has 0 unspecified atom stereocenters. The number of nitrogens with zero attached hydrogens (tertiary/aromatic N) is 1. The lowest BCUT2D eigenvalue weighted by Crippen LogP contribution is -1.94. The summed E-state index contributed by atoms with van der Waals surface area (Å²) in [7, 11) is 1.58. The Balaban J connectivity index is 2.21. The van der Waals surface area contributed by atoms with Gasteiger partial charge in [0.25, 0.3) is 0 Å². The molecule has 1 heterocycles. The lowest BCUT2D eigenvalue weighted by atomic mass is 10.3. The molecule has 4 nitrogen and oxygen atoms in total. The Labute approximate surface area is 104 Å². The average Bonchev–Trinajstić information content (AvgIpc) is 2.34. The fourth-order valence-electron chi connectivity index (χ4n) is 1.28. The molecule has 0 saturated carbocycles. The zero-order chi connectivity index (χ0) is 12.3. The molecule has 0 radical (unpaired) electrons. The van der Waals surface area contributed by atoms with Gasteiger partial charge in [-0.15, -0.1) is 0 Å². The third-order valence-corrected chi connectivity index (χ3v) is 2.36. The van der Waals surface area contributed by atoms with Crippen molar-refractivity contribution in [1.82, 2.24) is 4.98 Å². The van der Waals surface area contributed by atoms with Gasteiger partial charge in [0, 0.05) is 18.3 Å². The van der Waals surface area contributed by atoms with Crippen LogP contribution in [0.3, 0.4) is 0 Å². The van der Waals surface area contributed by atoms with E-state index in [1.807, 2.05) is 0 Å². The largest absolute Gasteiger partial charge is 0.497 e. The molecule has 5 heteroatoms. The summed E-state index contributed by atoms with van der Waals surface area (Å²) in [5.74, 6) is 1.64. The highest BCUT2D eigenvalue weighted by Crippen LogP contribution is 2.29. The summed E-state index contributed by atoms with van der Waals surface area (Å²) in [5.41, 5.74) is 6.30. The van der Waals surface area contributed by atoms with Crippen LogP contribution in [0, 0.1) is 0 Å². The van der Waals surface area contributed by atoms with Crippen LogP contribution in [0.25, 0.3) is 0 Å². The molecule has 2 N–H and O–H groups in total. The first kappa shape index (κ1) is 11.5. The third-order valence-electron chi connectivity index (χ3n) is 2.13. The third kappa shape index (κ3) is 2.79. The second kappa shape index (κ2) is 4.93. The van der Waals surface area contributed by atoms with Crippen molar-refractivity contribution < 1.29 is 9.47 Å². The fraction of sp³-hybridized carbons (Fsp3) is 0.0833. The van der Waals surface area contributed by atoms with Gasteiger partial charge in [-0.3, -0.25) is 0 Å². The van der Waals surface area contributed by atoms with Crippen molar-refractivity contribution in [2.24, 2.45) is 0 Å². The summed E-state index contributed by atoms with van der Waals surface area (Å²) in [6.45, 7) is 0. The van der Waals surface area contributed by atoms with E-state index in [9.17, 15) is 0 Å². The zero-order valence-corrected chi connectivity index (χ0v) is 9.94. The first-order valence-electron chi connectivity index (χ1n) is 4.92. The molecule has 88 valence electrons. The first-order chi connectivity index (χ1) is 8.19. The van der Waals surface area contributed by atoms with Gasteiger partial charge in [-0.25, -0.2) is 4.98 Å². The summed E-state index contributed by atoms with van der Waals surface area (Å²) in [4.78, 5) is 4.02. The molecule has 0 saturated heterocycles. The first-order valence-corrected chi connectivity index (χ1v) is 5.30. The highest BCUT2D eigenvalue weighted by Gasteiger charge is 2.04. The Morgan fingerprint density at radius 1 is 1.24 bits per heavy atom. The van der Waals surface area contributed by atoms with Crippen LogP contribution in [0.2, 0.25) is 5.02 Å². The van der Waals surface area contributed by atoms with E-state index in [-0.39, 0.29) is 0 Å². The number of hydrogen-bond acceptors (Lipinski definition) is 4. The maximum absolute atomic E-state index is 5.82. The zero-order valence-electron chi connectivity index (χ0n) is 9.18. The monoisotopic (exact) mass is 250 g/mol. The molecule has 0 bridgehead atoms. The minimum absolute atomic E-state index is 0.436. The minimum atomic E-state index is 0.436. The number of aromatic nitrogens is 1. The molecular formula is C12H11ClN2O2. The van der Waals surface area contributed by atoms with E-state index < -0.39 is 0 Å². The number of methoxy groups -OCH3 is 1. The summed E-state index contributed by atoms with van der Waals surface area (Å²) in [6, 6.07) is 8.55. The van der Waals surface area contributed by atoms with Crippen molar-refractivity contribution in [3.8, 4) is 17.4 Å². The molecule has 2 aromatic rings. The number of anilines is 1. The van der Waals surface area contributed by atoms with E-state index in [1.54, 1.807) is 37.4 Å². The number of halogens is 1. The Hall–Kier alpha value is -1.94. The van der Waals surface area contributed by atoms with Gasteiger partial charge in [0.2, 0.25) is 5.88 Å². The van der Waals surface area contributed by atoms with Crippen LogP contribution in [0.4, 0.5) is 5.69 Å². The average molecular weight is 251 g/mol. The van der Waals surface area contributed by atoms with Gasteiger partial charge < -0.3 is 15.2 Å². The number of nitrogen functional groups attached to an aromatic ring is 1. The normalized spacial score (nSPS) is 10.0. The van der Waals surface area contributed by atoms with E-state index in [4.69, 9.17) is 26.8 Å². The van der Waals surface area contributed by atoms with Gasteiger partial charge >= 0.3 is 0 Å². The SMILES string of the molecule is COc1ccc(Oc2ccc(Cl)cn2)c(N)c1. The van der Waals surface area contributed by atoms with Crippen LogP contribution >= 0.6 is 11.6 Å². The van der Waals surface area contributed by atoms with Crippen molar-refractivity contribution in [3.63, 3.8) is 0 Å². The number of nitrogens with two attached hydrogens (primary N) is 1. The smallest absolute Gasteiger partial charge is 0.219 e. The van der Waals surface area contributed by atoms with Crippen LogP contribution < -0.4 is 15.2 Å². The molecule has 0 spiro atoms. The topological polar surface area (TPSA) is 57.4 Å². The quantitative estimate of drug-likeness (QED) is 0.851. The van der Waals surface area contributed by atoms with Crippen molar-refractivity contribution in [2.75, 3.05) is 12.8 Å². The van der Waals surface area contributed by atoms with Gasteiger partial charge in [0.15, 0.2) is 5.75 Å². The van der Waals surface area contributed by atoms with E-state index in [2.05, 4.69) is 4.98 Å². The van der Waals surface area contributed by atoms with Crippen LogP contribution in [-0.2, 0) is 0 Å². The molecule has 0 atom stereocenters. The fourth-order valence-corrected chi connectivity index (χ4v) is 1.39. The molecule has 17 heavy (non-hydrogen) atoms. The molecule has 1 aromatic heterocycles. The Morgan fingerprint density at radius 3 is 2.65 bits per heavy atom. The highest BCUT2D eigenvalue weighted by atomic mass is 35.5. The molecule has 0 aliphatic rings. The summed E-state index contributed by atoms with van der Waals surface area (Å²) < 4.78 is 10.6. The van der Waals surface area contributed by atoms with Gasteiger partial charge in [-0.05, 0) is 18.2 Å². The van der Waals surface area contributed by atoms with Gasteiger partial charge in [0.1, 0.15) is 5.75 Å². The summed E-state index contributed by atoms with van der Waals surface area (Å²) >= 11 is 5.73. The lowest BCUT2D eigenvalue weighted by molar-refractivity contribution is 0.412. The Bertz CT molecular complexity index is 514. The van der Waals surface area contributed by atoms with Crippen molar-refractivity contribution in [3.05, 3.63) is 41.6 Å². The van der Waals surface area contributed by atoms with E-state index in [1.165, 1.54) is 6.20 Å². The Morgan fingerprint density at radius 2 is 2.06 bits per heavy atom. The van der Waals surface area contributed by atoms with Crippen LogP contribution in [0.1, 0.15) is 0 Å². The van der Waals surface area contributed by atoms with Crippen molar-refractivity contribution in [1.29, 1.82) is 0 Å². The van der Waals surface area contributed by atoms with Gasteiger partial charge in [-0.1, -0.05) is 11.6 Å². The molecule has 0 aliphatic carbocycles. The van der Waals surface area contributed by atoms with Crippen LogP contribution in [-0.4, -0.2) is 12.1 Å². The van der Waals surface area contributed by atoms with E-state index in [0.29, 0.717) is 28.1 Å². The predicted octanol–water partition coefficient (Wildman–Crippen LogP) is 3.12. The Kier molecular flexibility index (Phi) is 3.35. The molecule has 0 fully saturated rings. The van der Waals surface area contributed by atoms with Crippen LogP contribution in [0.15, 0.2) is 36.5 Å². The van der Waals surface area contributed by atoms with E-state index in [0.717, 1.165) is 0 Å². The maximum atomic E-state index is 5.82. The predicted molar refractivity (Wildman–Crippen MR) is 66.7 cm³/mol. The lowest BCUT2D eigenvalue weighted by Gasteiger charge is -2.08. The molecule has 0 amide bonds. The number of rotatable bonds is 3. The summed E-state index contributed by atoms with van der Waals surface area (Å²) in [5, 5.41) is 0.556. The van der Waals surface area contributed by atoms with Gasteiger partial charge in [-0.2, -0.15) is 0 Å². The standard InChI is InChI=1S/C12H11ClN2O2/c1-16-9-3-4-11(10(14)6-9)17-12-5-2-8(13)7-15-12/h2-7H,14H2,1H3. The minimum Gasteiger partial charge on any atom is -0.497 e.